The van der Waals surface area contributed by atoms with Crippen molar-refractivity contribution >= 4 is 5.57 Å². The molecule has 23 heavy (non-hydrogen) atoms. The van der Waals surface area contributed by atoms with Crippen LogP contribution in [0.1, 0.15) is 24.0 Å². The molecule has 120 valence electrons. The quantitative estimate of drug-likeness (QED) is 0.758. The number of aliphatic hydroxyl groups excluding tert-OH is 2. The number of allylic oxidation sites excluding steroid dienone is 2. The van der Waals surface area contributed by atoms with Crippen LogP contribution < -0.4 is 0 Å². The fraction of sp³-hybridized carbons (Fsp3) is 0.238. The Morgan fingerprint density at radius 3 is 2.13 bits per heavy atom. The molecule has 0 fully saturated rings. The molecule has 0 bridgehead atoms. The summed E-state index contributed by atoms with van der Waals surface area (Å²) in [4.78, 5) is 0. The standard InChI is InChI=1S/C21H24O2/c1-3-19(18-12-8-5-9-13-18)20(15-22)21(23)14-16(2)17-10-6-4-7-11-17/h3-14,19-23H,1,15H2,2H3/b16-14+/t19-,20-,21?/m0/s1. The first-order valence-electron chi connectivity index (χ1n) is 7.87. The highest BCUT2D eigenvalue weighted by atomic mass is 16.3. The van der Waals surface area contributed by atoms with Crippen LogP contribution >= 0.6 is 0 Å². The first-order chi connectivity index (χ1) is 11.2. The predicted molar refractivity (Wildman–Crippen MR) is 96.1 cm³/mol. The molecule has 0 aliphatic heterocycles. The van der Waals surface area contributed by atoms with Crippen LogP contribution in [0.4, 0.5) is 0 Å². The molecule has 0 radical (unpaired) electrons. The Balaban J connectivity index is 2.24. The van der Waals surface area contributed by atoms with Gasteiger partial charge in [0.25, 0.3) is 0 Å². The van der Waals surface area contributed by atoms with Crippen molar-refractivity contribution in [2.75, 3.05) is 6.61 Å². The molecule has 0 amide bonds. The summed E-state index contributed by atoms with van der Waals surface area (Å²) in [7, 11) is 0. The monoisotopic (exact) mass is 308 g/mol. The molecular formula is C21H24O2. The molecule has 3 atom stereocenters. The summed E-state index contributed by atoms with van der Waals surface area (Å²) in [6, 6.07) is 19.8. The van der Waals surface area contributed by atoms with Gasteiger partial charge >= 0.3 is 0 Å². The minimum Gasteiger partial charge on any atom is -0.396 e. The summed E-state index contributed by atoms with van der Waals surface area (Å²) in [5.74, 6) is -0.426. The minimum absolute atomic E-state index is 0.101. The summed E-state index contributed by atoms with van der Waals surface area (Å²) >= 11 is 0. The van der Waals surface area contributed by atoms with Gasteiger partial charge in [-0.1, -0.05) is 72.8 Å². The highest BCUT2D eigenvalue weighted by molar-refractivity contribution is 5.64. The van der Waals surface area contributed by atoms with Gasteiger partial charge in [0.1, 0.15) is 0 Å². The van der Waals surface area contributed by atoms with Crippen LogP contribution in [-0.2, 0) is 0 Å². The van der Waals surface area contributed by atoms with E-state index in [1.807, 2.05) is 73.7 Å². The molecule has 0 aliphatic rings. The van der Waals surface area contributed by atoms with Crippen LogP contribution in [0.15, 0.2) is 79.4 Å². The van der Waals surface area contributed by atoms with Gasteiger partial charge < -0.3 is 10.2 Å². The molecule has 2 rings (SSSR count). The summed E-state index contributed by atoms with van der Waals surface area (Å²) in [6.45, 7) is 5.75. The fourth-order valence-electron chi connectivity index (χ4n) is 2.84. The molecule has 2 aromatic rings. The molecule has 0 aliphatic carbocycles. The van der Waals surface area contributed by atoms with Gasteiger partial charge in [0.2, 0.25) is 0 Å². The molecule has 2 heteroatoms. The van der Waals surface area contributed by atoms with Gasteiger partial charge in [-0.2, -0.15) is 0 Å². The first kappa shape index (κ1) is 17.2. The zero-order chi connectivity index (χ0) is 16.7. The molecular weight excluding hydrogens is 284 g/mol. The zero-order valence-electron chi connectivity index (χ0n) is 13.5. The van der Waals surface area contributed by atoms with E-state index in [0.717, 1.165) is 16.7 Å². The second-order valence-corrected chi connectivity index (χ2v) is 5.72. The average Bonchev–Trinajstić information content (AvgIpc) is 2.60. The highest BCUT2D eigenvalue weighted by Crippen LogP contribution is 2.30. The van der Waals surface area contributed by atoms with Crippen LogP contribution in [0.3, 0.4) is 0 Å². The minimum atomic E-state index is -0.747. The Kier molecular flexibility index (Phi) is 6.33. The van der Waals surface area contributed by atoms with E-state index >= 15 is 0 Å². The Bertz CT molecular complexity index is 631. The van der Waals surface area contributed by atoms with E-state index in [1.54, 1.807) is 6.08 Å². The van der Waals surface area contributed by atoms with E-state index in [2.05, 4.69) is 6.58 Å². The van der Waals surface area contributed by atoms with E-state index in [1.165, 1.54) is 0 Å². The third kappa shape index (κ3) is 4.41. The Labute approximate surface area is 138 Å². The third-order valence-corrected chi connectivity index (χ3v) is 4.20. The second-order valence-electron chi connectivity index (χ2n) is 5.72. The molecule has 0 saturated carbocycles. The van der Waals surface area contributed by atoms with E-state index in [-0.39, 0.29) is 18.4 Å². The van der Waals surface area contributed by atoms with E-state index in [4.69, 9.17) is 0 Å². The molecule has 0 saturated heterocycles. The molecule has 2 N–H and O–H groups in total. The topological polar surface area (TPSA) is 40.5 Å². The largest absolute Gasteiger partial charge is 0.396 e. The molecule has 0 heterocycles. The van der Waals surface area contributed by atoms with Crippen molar-refractivity contribution in [3.8, 4) is 0 Å². The molecule has 0 spiro atoms. The summed E-state index contributed by atoms with van der Waals surface area (Å²) in [5.41, 5.74) is 3.11. The molecule has 0 aromatic heterocycles. The lowest BCUT2D eigenvalue weighted by molar-refractivity contribution is 0.0921. The van der Waals surface area contributed by atoms with Crippen molar-refractivity contribution in [3.05, 3.63) is 90.5 Å². The van der Waals surface area contributed by atoms with E-state index in [9.17, 15) is 10.2 Å². The normalized spacial score (nSPS) is 15.7. The molecule has 2 nitrogen and oxygen atoms in total. The summed E-state index contributed by atoms with van der Waals surface area (Å²) in [5, 5.41) is 20.4. The lowest BCUT2D eigenvalue weighted by Gasteiger charge is -2.26. The number of hydrogen-bond donors (Lipinski definition) is 2. The van der Waals surface area contributed by atoms with Gasteiger partial charge in [-0.3, -0.25) is 0 Å². The van der Waals surface area contributed by atoms with Gasteiger partial charge in [0.05, 0.1) is 6.10 Å². The smallest absolute Gasteiger partial charge is 0.0785 e. The maximum atomic E-state index is 10.6. The third-order valence-electron chi connectivity index (χ3n) is 4.20. The number of benzene rings is 2. The van der Waals surface area contributed by atoms with Crippen molar-refractivity contribution in [2.45, 2.75) is 18.9 Å². The molecule has 2 aromatic carbocycles. The first-order valence-corrected chi connectivity index (χ1v) is 7.87. The fourth-order valence-corrected chi connectivity index (χ4v) is 2.84. The number of aliphatic hydroxyl groups is 2. The highest BCUT2D eigenvalue weighted by Gasteiger charge is 2.26. The van der Waals surface area contributed by atoms with Crippen LogP contribution in [0.5, 0.6) is 0 Å². The number of hydrogen-bond acceptors (Lipinski definition) is 2. The maximum absolute atomic E-state index is 10.6. The van der Waals surface area contributed by atoms with Crippen LogP contribution in [0.2, 0.25) is 0 Å². The average molecular weight is 308 g/mol. The van der Waals surface area contributed by atoms with Gasteiger partial charge in [0.15, 0.2) is 0 Å². The van der Waals surface area contributed by atoms with Crippen molar-refractivity contribution in [1.82, 2.24) is 0 Å². The van der Waals surface area contributed by atoms with Gasteiger partial charge in [-0.05, 0) is 23.6 Å². The van der Waals surface area contributed by atoms with Crippen LogP contribution in [0.25, 0.3) is 5.57 Å². The number of rotatable bonds is 7. The van der Waals surface area contributed by atoms with Gasteiger partial charge in [0, 0.05) is 18.4 Å². The summed E-state index contributed by atoms with van der Waals surface area (Å²) < 4.78 is 0. The zero-order valence-corrected chi connectivity index (χ0v) is 13.5. The lowest BCUT2D eigenvalue weighted by Crippen LogP contribution is -2.27. The maximum Gasteiger partial charge on any atom is 0.0785 e. The predicted octanol–water partition coefficient (Wildman–Crippen LogP) is 4.03. The SMILES string of the molecule is C=C[C@@H](c1ccccc1)[C@H](CO)C(O)/C=C(\C)c1ccccc1. The van der Waals surface area contributed by atoms with Crippen molar-refractivity contribution in [1.29, 1.82) is 0 Å². The van der Waals surface area contributed by atoms with Crippen molar-refractivity contribution in [2.24, 2.45) is 5.92 Å². The Morgan fingerprint density at radius 2 is 1.61 bits per heavy atom. The Morgan fingerprint density at radius 1 is 1.04 bits per heavy atom. The second kappa shape index (κ2) is 8.47. The summed E-state index contributed by atoms with van der Waals surface area (Å²) in [6.07, 6.45) is 2.87. The Hall–Kier alpha value is -2.16. The van der Waals surface area contributed by atoms with E-state index in [0.29, 0.717) is 0 Å². The van der Waals surface area contributed by atoms with Gasteiger partial charge in [-0.15, -0.1) is 6.58 Å². The lowest BCUT2D eigenvalue weighted by atomic mass is 9.82. The van der Waals surface area contributed by atoms with Crippen LogP contribution in [-0.4, -0.2) is 22.9 Å². The van der Waals surface area contributed by atoms with Gasteiger partial charge in [-0.25, -0.2) is 0 Å². The van der Waals surface area contributed by atoms with E-state index < -0.39 is 6.10 Å². The van der Waals surface area contributed by atoms with Crippen LogP contribution in [0, 0.1) is 5.92 Å². The van der Waals surface area contributed by atoms with Crippen molar-refractivity contribution < 1.29 is 10.2 Å². The van der Waals surface area contributed by atoms with Crippen molar-refractivity contribution in [3.63, 3.8) is 0 Å². The molecule has 1 unspecified atom stereocenters.